The van der Waals surface area contributed by atoms with Gasteiger partial charge in [-0.15, -0.1) is 10.2 Å². The van der Waals surface area contributed by atoms with E-state index < -0.39 is 10.0 Å². The molecule has 1 heterocycles. The van der Waals surface area contributed by atoms with Crippen molar-refractivity contribution in [2.45, 2.75) is 11.8 Å². The molecule has 0 saturated heterocycles. The summed E-state index contributed by atoms with van der Waals surface area (Å²) in [5.74, 6) is 0.827. The fourth-order valence-corrected chi connectivity index (χ4v) is 3.42. The average molecular weight is 354 g/mol. The van der Waals surface area contributed by atoms with Crippen LogP contribution in [0.5, 0.6) is 0 Å². The van der Waals surface area contributed by atoms with E-state index in [1.165, 1.54) is 12.1 Å². The minimum absolute atomic E-state index is 0.178. The summed E-state index contributed by atoms with van der Waals surface area (Å²) in [6.07, 6.45) is 0. The van der Waals surface area contributed by atoms with E-state index in [4.69, 9.17) is 0 Å². The third-order valence-corrected chi connectivity index (χ3v) is 4.97. The van der Waals surface area contributed by atoms with Crippen molar-refractivity contribution in [2.24, 2.45) is 0 Å². The van der Waals surface area contributed by atoms with Gasteiger partial charge in [-0.2, -0.15) is 0 Å². The first kappa shape index (κ1) is 16.9. The molecule has 3 aromatic rings. The van der Waals surface area contributed by atoms with Crippen molar-refractivity contribution < 1.29 is 8.42 Å². The van der Waals surface area contributed by atoms with Gasteiger partial charge in [-0.3, -0.25) is 4.72 Å². The number of benzene rings is 2. The number of para-hydroxylation sites is 1. The van der Waals surface area contributed by atoms with Gasteiger partial charge < -0.3 is 4.90 Å². The fourth-order valence-electron chi connectivity index (χ4n) is 2.40. The Balaban J connectivity index is 1.81. The lowest BCUT2D eigenvalue weighted by Gasteiger charge is -2.21. The number of rotatable bonds is 6. The lowest BCUT2D eigenvalue weighted by atomic mass is 10.3. The van der Waals surface area contributed by atoms with E-state index >= 15 is 0 Å². The highest BCUT2D eigenvalue weighted by Gasteiger charge is 2.15. The quantitative estimate of drug-likeness (QED) is 0.734. The molecule has 2 aromatic carbocycles. The van der Waals surface area contributed by atoms with Crippen LogP contribution < -0.4 is 9.62 Å². The minimum Gasteiger partial charge on any atom is -0.325 e. The lowest BCUT2D eigenvalue weighted by Crippen LogP contribution is -2.19. The van der Waals surface area contributed by atoms with E-state index in [9.17, 15) is 8.42 Å². The van der Waals surface area contributed by atoms with Crippen LogP contribution >= 0.6 is 0 Å². The molecule has 0 unspecified atom stereocenters. The van der Waals surface area contributed by atoms with Crippen LogP contribution in [-0.4, -0.2) is 25.2 Å². The first-order valence-electron chi connectivity index (χ1n) is 7.84. The molecular formula is C18H18N4O2S. The van der Waals surface area contributed by atoms with Gasteiger partial charge in [0.15, 0.2) is 11.6 Å². The zero-order valence-electron chi connectivity index (χ0n) is 13.7. The maximum atomic E-state index is 12.3. The summed E-state index contributed by atoms with van der Waals surface area (Å²) in [7, 11) is -3.67. The van der Waals surface area contributed by atoms with Gasteiger partial charge in [0.25, 0.3) is 10.0 Å². The van der Waals surface area contributed by atoms with Crippen LogP contribution in [0.1, 0.15) is 6.92 Å². The summed E-state index contributed by atoms with van der Waals surface area (Å²) in [6.45, 7) is 2.73. The monoisotopic (exact) mass is 354 g/mol. The third-order valence-electron chi connectivity index (χ3n) is 3.60. The first-order chi connectivity index (χ1) is 12.1. The molecule has 0 spiro atoms. The summed E-state index contributed by atoms with van der Waals surface area (Å²) in [6, 6.07) is 21.3. The largest absolute Gasteiger partial charge is 0.325 e. The highest BCUT2D eigenvalue weighted by molar-refractivity contribution is 7.92. The number of hydrogen-bond donors (Lipinski definition) is 1. The molecular weight excluding hydrogens is 336 g/mol. The molecule has 0 aliphatic rings. The normalized spacial score (nSPS) is 11.1. The fraction of sp³-hybridized carbons (Fsp3) is 0.111. The highest BCUT2D eigenvalue weighted by Crippen LogP contribution is 2.23. The highest BCUT2D eigenvalue weighted by atomic mass is 32.2. The van der Waals surface area contributed by atoms with Crippen molar-refractivity contribution in [1.29, 1.82) is 0 Å². The molecule has 0 fully saturated rings. The van der Waals surface area contributed by atoms with Gasteiger partial charge in [-0.25, -0.2) is 8.42 Å². The van der Waals surface area contributed by atoms with Crippen molar-refractivity contribution in [2.75, 3.05) is 16.2 Å². The summed E-state index contributed by atoms with van der Waals surface area (Å²) in [5, 5.41) is 8.15. The molecule has 0 aliphatic heterocycles. The van der Waals surface area contributed by atoms with E-state index in [1.54, 1.807) is 30.3 Å². The van der Waals surface area contributed by atoms with Gasteiger partial charge in [0.1, 0.15) is 0 Å². The molecule has 128 valence electrons. The molecule has 6 nitrogen and oxygen atoms in total. The second kappa shape index (κ2) is 7.31. The van der Waals surface area contributed by atoms with Crippen LogP contribution in [0, 0.1) is 0 Å². The zero-order valence-corrected chi connectivity index (χ0v) is 14.5. The molecule has 0 saturated carbocycles. The lowest BCUT2D eigenvalue weighted by molar-refractivity contribution is 0.601. The SMILES string of the molecule is CCN(c1ccccc1)c1ccc(NS(=O)(=O)c2ccccc2)nn1. The van der Waals surface area contributed by atoms with E-state index in [0.717, 1.165) is 5.69 Å². The maximum Gasteiger partial charge on any atom is 0.263 e. The van der Waals surface area contributed by atoms with Gasteiger partial charge in [0, 0.05) is 12.2 Å². The van der Waals surface area contributed by atoms with Crippen LogP contribution in [0.4, 0.5) is 17.3 Å². The van der Waals surface area contributed by atoms with Crippen LogP contribution in [0.25, 0.3) is 0 Å². The number of nitrogens with zero attached hydrogens (tertiary/aromatic N) is 3. The first-order valence-corrected chi connectivity index (χ1v) is 9.32. The molecule has 1 aromatic heterocycles. The number of sulfonamides is 1. The smallest absolute Gasteiger partial charge is 0.263 e. The molecule has 3 rings (SSSR count). The second-order valence-corrected chi connectivity index (χ2v) is 6.96. The van der Waals surface area contributed by atoms with Gasteiger partial charge in [-0.05, 0) is 43.3 Å². The molecule has 0 atom stereocenters. The van der Waals surface area contributed by atoms with Gasteiger partial charge in [0.05, 0.1) is 4.90 Å². The standard InChI is InChI=1S/C18H18N4O2S/c1-2-22(15-9-5-3-6-10-15)18-14-13-17(19-20-18)21-25(23,24)16-11-7-4-8-12-16/h3-14H,2H2,1H3,(H,19,21). The predicted octanol–water partition coefficient (Wildman–Crippen LogP) is 3.44. The summed E-state index contributed by atoms with van der Waals surface area (Å²) in [4.78, 5) is 2.17. The van der Waals surface area contributed by atoms with Crippen LogP contribution in [-0.2, 0) is 10.0 Å². The van der Waals surface area contributed by atoms with E-state index in [-0.39, 0.29) is 10.7 Å². The summed E-state index contributed by atoms with van der Waals surface area (Å²) in [5.41, 5.74) is 0.997. The van der Waals surface area contributed by atoms with Gasteiger partial charge >= 0.3 is 0 Å². The van der Waals surface area contributed by atoms with E-state index in [0.29, 0.717) is 12.4 Å². The van der Waals surface area contributed by atoms with Crippen LogP contribution in [0.15, 0.2) is 77.7 Å². The Bertz CT molecular complexity index is 914. The summed E-state index contributed by atoms with van der Waals surface area (Å²) < 4.78 is 27.1. The number of nitrogens with one attached hydrogen (secondary N) is 1. The molecule has 7 heteroatoms. The zero-order chi connectivity index (χ0) is 17.7. The number of hydrogen-bond acceptors (Lipinski definition) is 5. The van der Waals surface area contributed by atoms with Crippen molar-refractivity contribution in [3.05, 3.63) is 72.8 Å². The van der Waals surface area contributed by atoms with Crippen molar-refractivity contribution in [1.82, 2.24) is 10.2 Å². The summed E-state index contributed by atoms with van der Waals surface area (Å²) >= 11 is 0. The number of aromatic nitrogens is 2. The topological polar surface area (TPSA) is 75.2 Å². The van der Waals surface area contributed by atoms with E-state index in [2.05, 4.69) is 14.9 Å². The molecule has 0 amide bonds. The molecule has 1 N–H and O–H groups in total. The van der Waals surface area contributed by atoms with Crippen LogP contribution in [0.2, 0.25) is 0 Å². The van der Waals surface area contributed by atoms with Gasteiger partial charge in [0.2, 0.25) is 0 Å². The second-order valence-electron chi connectivity index (χ2n) is 5.28. The minimum atomic E-state index is -3.67. The molecule has 0 aliphatic carbocycles. The Labute approximate surface area is 147 Å². The molecule has 0 radical (unpaired) electrons. The Kier molecular flexibility index (Phi) is 4.95. The predicted molar refractivity (Wildman–Crippen MR) is 98.4 cm³/mol. The molecule has 25 heavy (non-hydrogen) atoms. The van der Waals surface area contributed by atoms with Crippen molar-refractivity contribution in [3.8, 4) is 0 Å². The van der Waals surface area contributed by atoms with Gasteiger partial charge in [-0.1, -0.05) is 36.4 Å². The Morgan fingerprint density at radius 1 is 0.880 bits per heavy atom. The van der Waals surface area contributed by atoms with Crippen molar-refractivity contribution in [3.63, 3.8) is 0 Å². The Hall–Kier alpha value is -2.93. The Morgan fingerprint density at radius 3 is 2.08 bits per heavy atom. The van der Waals surface area contributed by atoms with E-state index in [1.807, 2.05) is 42.2 Å². The maximum absolute atomic E-state index is 12.3. The van der Waals surface area contributed by atoms with Crippen molar-refractivity contribution >= 4 is 27.3 Å². The third kappa shape index (κ3) is 3.95. The molecule has 0 bridgehead atoms. The Morgan fingerprint density at radius 2 is 1.52 bits per heavy atom. The van der Waals surface area contributed by atoms with Crippen LogP contribution in [0.3, 0.4) is 0 Å². The number of anilines is 3. The average Bonchev–Trinajstić information content (AvgIpc) is 2.65.